The van der Waals surface area contributed by atoms with Gasteiger partial charge in [0.25, 0.3) is 0 Å². The van der Waals surface area contributed by atoms with Crippen molar-refractivity contribution >= 4 is 72.9 Å². The molecule has 0 aromatic carbocycles. The van der Waals surface area contributed by atoms with Gasteiger partial charge >= 0.3 is 0 Å². The molecule has 548 valence electrons. The van der Waals surface area contributed by atoms with E-state index in [0.717, 1.165) is 13.1 Å². The average Bonchev–Trinajstić information content (AvgIpc) is 0.792. The third kappa shape index (κ3) is 23.8. The highest BCUT2D eigenvalue weighted by Gasteiger charge is 2.50. The van der Waals surface area contributed by atoms with Crippen LogP contribution in [-0.2, 0) is 57.2 Å². The maximum absolute atomic E-state index is 16.0. The van der Waals surface area contributed by atoms with E-state index in [4.69, 9.17) is 4.43 Å². The van der Waals surface area contributed by atoms with E-state index in [2.05, 4.69) is 57.9 Å². The van der Waals surface area contributed by atoms with Crippen molar-refractivity contribution in [1.29, 1.82) is 0 Å². The minimum Gasteiger partial charge on any atom is -0.411 e. The van der Waals surface area contributed by atoms with E-state index in [1.165, 1.54) is 83.5 Å². The van der Waals surface area contributed by atoms with Gasteiger partial charge in [-0.05, 0) is 125 Å². The number of nitrogens with zero attached hydrogens (tertiary/aromatic N) is 8. The molecule has 1 unspecified atom stereocenters. The molecule has 8 amide bonds. The zero-order valence-corrected chi connectivity index (χ0v) is 66.2. The second-order valence-electron chi connectivity index (χ2n) is 31.8. The smallest absolute Gasteiger partial charge is 0.246 e. The first kappa shape index (κ1) is 87.9. The van der Waals surface area contributed by atoms with E-state index < -0.39 is 145 Å². The first-order valence-corrected chi connectivity index (χ1v) is 38.6. The molecule has 95 heavy (non-hydrogen) atoms. The maximum Gasteiger partial charge on any atom is 0.246 e. The van der Waals surface area contributed by atoms with Gasteiger partial charge in [-0.3, -0.25) is 52.7 Å². The lowest BCUT2D eigenvalue weighted by atomic mass is 9.84. The number of hydrogen-bond acceptors (Lipinski definition) is 13. The molecule has 22 heteroatoms. The topological polar surface area (TPSA) is 235 Å². The van der Waals surface area contributed by atoms with Crippen LogP contribution in [0.15, 0.2) is 0 Å². The van der Waals surface area contributed by atoms with Crippen molar-refractivity contribution < 1.29 is 57.2 Å². The summed E-state index contributed by atoms with van der Waals surface area (Å²) in [6.07, 6.45) is -0.297. The molecule has 1 rings (SSSR count). The van der Waals surface area contributed by atoms with Gasteiger partial charge in [-0.1, -0.05) is 138 Å². The highest BCUT2D eigenvalue weighted by molar-refractivity contribution is 6.74. The molecule has 0 aromatic heterocycles. The standard InChI is InChI=1S/C73H135N9O12Si/c1-32-53-41-60(85)63(64(94-95(30,31)73(20,21)22)49(16)35-36-82(33-2)34-3)81(29)72(93)62(48(14)15)80(28)70(91)57(39-45(8)9)78(26)71(92)61(47(12)13)79(27)66(87)51(18)74-65(86)50(17)40-58(83)55(37-43(4)5)77(25)69(90)54(46(10)11)42-59(84)56(38-44(6)7)76(24)67(88)52(19)75(23)68(53)89/h43-57,61-64H,32-42H2,1-31H3,(H,74,86)/t49-,50+,51+,52-,53+,54-,55-,56+,57-,61?,62-,63+,64-/m1/s1. The monoisotopic (exact) mass is 1360 g/mol. The van der Waals surface area contributed by atoms with Crippen LogP contribution in [-0.4, -0.2) is 236 Å². The average molecular weight is 1360 g/mol. The molecule has 1 N–H and O–H groups in total. The Bertz CT molecular complexity index is 2580. The molecule has 0 aromatic rings. The van der Waals surface area contributed by atoms with Crippen molar-refractivity contribution in [1.82, 2.24) is 44.5 Å². The van der Waals surface area contributed by atoms with Crippen molar-refractivity contribution in [2.75, 3.05) is 69.0 Å². The summed E-state index contributed by atoms with van der Waals surface area (Å²) in [5, 5.41) is 2.42. The Morgan fingerprint density at radius 3 is 1.32 bits per heavy atom. The van der Waals surface area contributed by atoms with Gasteiger partial charge in [0.05, 0.1) is 18.2 Å². The molecule has 0 bridgehead atoms. The third-order valence-electron chi connectivity index (χ3n) is 20.7. The number of ketones is 3. The Labute approximate surface area is 576 Å². The second kappa shape index (κ2) is 38.3. The van der Waals surface area contributed by atoms with Gasteiger partial charge in [0.2, 0.25) is 47.3 Å². The van der Waals surface area contributed by atoms with E-state index in [1.54, 1.807) is 41.7 Å². The molecule has 21 nitrogen and oxygen atoms in total. The molecule has 1 fully saturated rings. The lowest BCUT2D eigenvalue weighted by Crippen LogP contribution is -2.63. The number of rotatable bonds is 19. The van der Waals surface area contributed by atoms with Crippen molar-refractivity contribution in [3.8, 4) is 0 Å². The molecule has 1 saturated heterocycles. The molecular formula is C73H135N9O12Si. The maximum atomic E-state index is 16.0. The van der Waals surface area contributed by atoms with E-state index in [0.29, 0.717) is 13.0 Å². The van der Waals surface area contributed by atoms with Gasteiger partial charge in [0.15, 0.2) is 25.7 Å². The normalized spacial score (nSPS) is 26.7. The highest BCUT2D eigenvalue weighted by Crippen LogP contribution is 2.40. The van der Waals surface area contributed by atoms with Crippen LogP contribution in [0.5, 0.6) is 0 Å². The van der Waals surface area contributed by atoms with Crippen LogP contribution >= 0.6 is 0 Å². The first-order valence-electron chi connectivity index (χ1n) is 35.7. The fourth-order valence-corrected chi connectivity index (χ4v) is 14.4. The molecule has 0 spiro atoms. The quantitative estimate of drug-likeness (QED) is 0.119. The summed E-state index contributed by atoms with van der Waals surface area (Å²) in [5.41, 5.74) is 0. The second-order valence-corrected chi connectivity index (χ2v) is 36.6. The fourth-order valence-electron chi connectivity index (χ4n) is 13.0. The lowest BCUT2D eigenvalue weighted by molar-refractivity contribution is -0.157. The van der Waals surface area contributed by atoms with Crippen LogP contribution in [0, 0.1) is 59.2 Å². The Morgan fingerprint density at radius 2 is 0.895 bits per heavy atom. The van der Waals surface area contributed by atoms with E-state index >= 15 is 24.0 Å². The molecule has 1 aliphatic heterocycles. The number of amides is 8. The molecule has 0 saturated carbocycles. The van der Waals surface area contributed by atoms with Crippen molar-refractivity contribution in [3.63, 3.8) is 0 Å². The minimum absolute atomic E-state index is 0.0667. The lowest BCUT2D eigenvalue weighted by Gasteiger charge is -2.46. The number of Topliss-reactive ketones (excluding diaryl/α,β-unsaturated/α-hetero) is 3. The summed E-state index contributed by atoms with van der Waals surface area (Å²) in [7, 11) is 7.87. The summed E-state index contributed by atoms with van der Waals surface area (Å²) >= 11 is 0. The van der Waals surface area contributed by atoms with Crippen LogP contribution in [0.2, 0.25) is 18.1 Å². The van der Waals surface area contributed by atoms with Gasteiger partial charge in [-0.2, -0.15) is 0 Å². The number of hydrogen-bond donors (Lipinski definition) is 1. The first-order chi connectivity index (χ1) is 43.5. The number of likely N-dealkylation sites (N-methyl/N-ethyl adjacent to an activating group) is 7. The zero-order chi connectivity index (χ0) is 74.1. The SMILES string of the molecule is CC[C@H]1CC(=O)[C@@H]([C@H](O[Si](C)(C)C(C)(C)C)[C@H](C)CCN(CC)CC)N(C)C(=O)[C@@H](C(C)C)N(C)C(=O)[C@@H](CC(C)C)N(C)C(=O)C(C(C)C)N(C)C(=O)[C@H](C)NC(=O)[C@@H](C)CC(=O)[C@@H](CC(C)C)N(C)C(=O)[C@@H](C(C)C)CC(=O)[C@H](CC(C)C)N(C)C(=O)[C@@H](C)N(C)C1=O. The zero-order valence-electron chi connectivity index (χ0n) is 65.2. The summed E-state index contributed by atoms with van der Waals surface area (Å²) in [5.74, 6) is -10.4. The van der Waals surface area contributed by atoms with Crippen LogP contribution in [0.1, 0.15) is 204 Å². The summed E-state index contributed by atoms with van der Waals surface area (Å²) in [4.78, 5) is 177. The van der Waals surface area contributed by atoms with Crippen molar-refractivity contribution in [2.24, 2.45) is 59.2 Å². The summed E-state index contributed by atoms with van der Waals surface area (Å²) in [6.45, 7) is 47.8. The van der Waals surface area contributed by atoms with Crippen molar-refractivity contribution in [3.05, 3.63) is 0 Å². The highest BCUT2D eigenvalue weighted by atomic mass is 28.4. The van der Waals surface area contributed by atoms with Crippen LogP contribution in [0.25, 0.3) is 0 Å². The van der Waals surface area contributed by atoms with E-state index in [-0.39, 0.29) is 91.1 Å². The molecule has 1 heterocycles. The van der Waals surface area contributed by atoms with Gasteiger partial charge in [0, 0.05) is 86.3 Å². The van der Waals surface area contributed by atoms with Gasteiger partial charge < -0.3 is 48.9 Å². The van der Waals surface area contributed by atoms with Crippen LogP contribution < -0.4 is 5.32 Å². The third-order valence-corrected chi connectivity index (χ3v) is 25.1. The predicted molar refractivity (Wildman–Crippen MR) is 381 cm³/mol. The Kier molecular flexibility index (Phi) is 35.5. The number of carbonyl (C=O) groups is 11. The predicted octanol–water partition coefficient (Wildman–Crippen LogP) is 9.33. The number of carbonyl (C=O) groups excluding carboxylic acids is 11. The van der Waals surface area contributed by atoms with Crippen LogP contribution in [0.3, 0.4) is 0 Å². The molecule has 1 aliphatic rings. The van der Waals surface area contributed by atoms with E-state index in [1.807, 2.05) is 76.2 Å². The van der Waals surface area contributed by atoms with Gasteiger partial charge in [0.1, 0.15) is 36.3 Å². The number of nitrogens with one attached hydrogen (secondary N) is 1. The summed E-state index contributed by atoms with van der Waals surface area (Å²) < 4.78 is 7.43. The van der Waals surface area contributed by atoms with Crippen LogP contribution in [0.4, 0.5) is 0 Å². The Balaban J connectivity index is 4.64. The Hall–Kier alpha value is -5.09. The largest absolute Gasteiger partial charge is 0.411 e. The van der Waals surface area contributed by atoms with Gasteiger partial charge in [-0.25, -0.2) is 0 Å². The Morgan fingerprint density at radius 1 is 0.484 bits per heavy atom. The van der Waals surface area contributed by atoms with Gasteiger partial charge in [-0.15, -0.1) is 0 Å². The molecule has 13 atom stereocenters. The van der Waals surface area contributed by atoms with Crippen molar-refractivity contribution in [2.45, 2.75) is 276 Å². The fraction of sp³-hybridized carbons (Fsp3) is 0.849. The molecule has 0 radical (unpaired) electrons. The molecule has 0 aliphatic carbocycles. The minimum atomic E-state index is -2.80. The summed E-state index contributed by atoms with van der Waals surface area (Å²) in [6, 6.07) is -8.99. The van der Waals surface area contributed by atoms with E-state index in [9.17, 15) is 28.8 Å². The molecular weight excluding hydrogens is 1220 g/mol.